The highest BCUT2D eigenvalue weighted by molar-refractivity contribution is 6.16. The van der Waals surface area contributed by atoms with Crippen LogP contribution in [0.25, 0.3) is 11.2 Å². The first-order chi connectivity index (χ1) is 9.26. The van der Waals surface area contributed by atoms with Gasteiger partial charge in [-0.25, -0.2) is 9.97 Å². The van der Waals surface area contributed by atoms with Gasteiger partial charge in [0, 0.05) is 13.3 Å². The Hall–Kier alpha value is -1.13. The number of pyridine rings is 1. The van der Waals surface area contributed by atoms with Crippen LogP contribution in [0.5, 0.6) is 0 Å². The molecule has 0 amide bonds. The maximum Gasteiger partial charge on any atom is 0.160 e. The zero-order chi connectivity index (χ0) is 13.4. The van der Waals surface area contributed by atoms with Crippen molar-refractivity contribution in [1.29, 1.82) is 0 Å². The van der Waals surface area contributed by atoms with E-state index in [9.17, 15) is 0 Å². The molecule has 102 valence electrons. The molecule has 1 aliphatic carbocycles. The molecule has 2 aromatic rings. The van der Waals surface area contributed by atoms with Crippen molar-refractivity contribution in [2.45, 2.75) is 44.2 Å². The van der Waals surface area contributed by atoms with Gasteiger partial charge in [-0.15, -0.1) is 11.6 Å². The molecule has 1 saturated carbocycles. The standard InChI is InChI=1S/C14H18ClN3O/c1-9-6-7-16-14-13(9)17-12(8-15)18(14)10-4-3-5-11(10)19-2/h6-7,10-11H,3-5,8H2,1-2H3. The van der Waals surface area contributed by atoms with Crippen LogP contribution < -0.4 is 0 Å². The second-order valence-electron chi connectivity index (χ2n) is 5.10. The van der Waals surface area contributed by atoms with Crippen LogP contribution >= 0.6 is 11.6 Å². The molecular weight excluding hydrogens is 262 g/mol. The molecule has 0 bridgehead atoms. The average Bonchev–Trinajstić information content (AvgIpc) is 3.01. The van der Waals surface area contributed by atoms with Gasteiger partial charge in [-0.2, -0.15) is 0 Å². The highest BCUT2D eigenvalue weighted by atomic mass is 35.5. The number of ether oxygens (including phenoxy) is 1. The first kappa shape index (κ1) is 12.9. The summed E-state index contributed by atoms with van der Waals surface area (Å²) in [6.45, 7) is 2.06. The van der Waals surface area contributed by atoms with E-state index in [1.54, 1.807) is 7.11 Å². The van der Waals surface area contributed by atoms with Gasteiger partial charge in [0.1, 0.15) is 11.3 Å². The Morgan fingerprint density at radius 1 is 1.47 bits per heavy atom. The monoisotopic (exact) mass is 279 g/mol. The van der Waals surface area contributed by atoms with Crippen molar-refractivity contribution >= 4 is 22.8 Å². The first-order valence-corrected chi connectivity index (χ1v) is 7.21. The maximum absolute atomic E-state index is 6.07. The molecule has 0 saturated heterocycles. The molecule has 1 aliphatic rings. The third kappa shape index (κ3) is 2.03. The second-order valence-corrected chi connectivity index (χ2v) is 5.37. The summed E-state index contributed by atoms with van der Waals surface area (Å²) in [5.74, 6) is 1.30. The lowest BCUT2D eigenvalue weighted by Crippen LogP contribution is -2.22. The summed E-state index contributed by atoms with van der Waals surface area (Å²) in [6, 6.07) is 2.29. The summed E-state index contributed by atoms with van der Waals surface area (Å²) >= 11 is 6.07. The topological polar surface area (TPSA) is 39.9 Å². The highest BCUT2D eigenvalue weighted by Crippen LogP contribution is 2.35. The lowest BCUT2D eigenvalue weighted by Gasteiger charge is -2.21. The molecule has 0 radical (unpaired) electrons. The highest BCUT2D eigenvalue weighted by Gasteiger charge is 2.32. The number of aryl methyl sites for hydroxylation is 1. The minimum Gasteiger partial charge on any atom is -0.379 e. The smallest absolute Gasteiger partial charge is 0.160 e. The number of alkyl halides is 1. The Kier molecular flexibility index (Phi) is 3.46. The Labute approximate surface area is 117 Å². The molecule has 2 unspecified atom stereocenters. The molecule has 0 aromatic carbocycles. The van der Waals surface area contributed by atoms with Crippen LogP contribution in [-0.4, -0.2) is 27.7 Å². The fraction of sp³-hybridized carbons (Fsp3) is 0.571. The molecule has 2 aromatic heterocycles. The van der Waals surface area contributed by atoms with Crippen LogP contribution in [-0.2, 0) is 10.6 Å². The lowest BCUT2D eigenvalue weighted by atomic mass is 10.2. The van der Waals surface area contributed by atoms with Crippen molar-refractivity contribution < 1.29 is 4.74 Å². The number of rotatable bonds is 3. The van der Waals surface area contributed by atoms with Gasteiger partial charge >= 0.3 is 0 Å². The summed E-state index contributed by atoms with van der Waals surface area (Å²) in [7, 11) is 1.78. The van der Waals surface area contributed by atoms with Crippen molar-refractivity contribution in [3.63, 3.8) is 0 Å². The zero-order valence-corrected chi connectivity index (χ0v) is 12.0. The predicted molar refractivity (Wildman–Crippen MR) is 75.5 cm³/mol. The number of hydrogen-bond acceptors (Lipinski definition) is 3. The SMILES string of the molecule is COC1CCCC1n1c(CCl)nc2c(C)ccnc21. The summed E-state index contributed by atoms with van der Waals surface area (Å²) < 4.78 is 7.80. The fourth-order valence-corrected chi connectivity index (χ4v) is 3.26. The molecule has 2 atom stereocenters. The Bertz CT molecular complexity index is 596. The number of imidazole rings is 1. The number of aromatic nitrogens is 3. The van der Waals surface area contributed by atoms with Crippen molar-refractivity contribution in [1.82, 2.24) is 14.5 Å². The summed E-state index contributed by atoms with van der Waals surface area (Å²) in [4.78, 5) is 9.17. The van der Waals surface area contributed by atoms with E-state index in [1.807, 2.05) is 12.3 Å². The normalized spacial score (nSPS) is 23.3. The van der Waals surface area contributed by atoms with Gasteiger partial charge in [0.15, 0.2) is 5.65 Å². The molecule has 2 heterocycles. The molecule has 19 heavy (non-hydrogen) atoms. The van der Waals surface area contributed by atoms with Crippen LogP contribution in [0.4, 0.5) is 0 Å². The Morgan fingerprint density at radius 3 is 3.05 bits per heavy atom. The molecule has 4 nitrogen and oxygen atoms in total. The van der Waals surface area contributed by atoms with Gasteiger partial charge < -0.3 is 9.30 Å². The maximum atomic E-state index is 6.07. The molecule has 3 rings (SSSR count). The summed E-state index contributed by atoms with van der Waals surface area (Å²) in [5.41, 5.74) is 3.03. The van der Waals surface area contributed by atoms with Crippen molar-refractivity contribution in [3.05, 3.63) is 23.7 Å². The van der Waals surface area contributed by atoms with E-state index in [0.29, 0.717) is 11.9 Å². The van der Waals surface area contributed by atoms with Gasteiger partial charge in [-0.05, 0) is 37.8 Å². The zero-order valence-electron chi connectivity index (χ0n) is 11.3. The number of methoxy groups -OCH3 is 1. The van der Waals surface area contributed by atoms with Crippen LogP contribution in [0.3, 0.4) is 0 Å². The molecule has 1 fully saturated rings. The van der Waals surface area contributed by atoms with Crippen LogP contribution in [0.2, 0.25) is 0 Å². The van der Waals surface area contributed by atoms with Gasteiger partial charge in [0.05, 0.1) is 18.0 Å². The minimum atomic E-state index is 0.238. The largest absolute Gasteiger partial charge is 0.379 e. The van der Waals surface area contributed by atoms with Gasteiger partial charge in [0.25, 0.3) is 0 Å². The fourth-order valence-electron chi connectivity index (χ4n) is 3.08. The van der Waals surface area contributed by atoms with E-state index in [0.717, 1.165) is 35.4 Å². The Balaban J connectivity index is 2.18. The third-order valence-electron chi connectivity index (χ3n) is 4.03. The number of hydrogen-bond donors (Lipinski definition) is 0. The summed E-state index contributed by atoms with van der Waals surface area (Å²) in [6.07, 6.45) is 5.44. The van der Waals surface area contributed by atoms with Crippen molar-refractivity contribution in [2.24, 2.45) is 0 Å². The molecule has 0 spiro atoms. The van der Waals surface area contributed by atoms with Crippen molar-refractivity contribution in [2.75, 3.05) is 7.11 Å². The van der Waals surface area contributed by atoms with E-state index in [2.05, 4.69) is 21.5 Å². The second kappa shape index (κ2) is 5.10. The van der Waals surface area contributed by atoms with Gasteiger partial charge in [0.2, 0.25) is 0 Å². The number of fused-ring (bicyclic) bond motifs is 1. The third-order valence-corrected chi connectivity index (χ3v) is 4.26. The minimum absolute atomic E-state index is 0.238. The van der Waals surface area contributed by atoms with Gasteiger partial charge in [-0.1, -0.05) is 0 Å². The number of nitrogens with zero attached hydrogens (tertiary/aromatic N) is 3. The van der Waals surface area contributed by atoms with Crippen LogP contribution in [0.1, 0.15) is 36.7 Å². The quantitative estimate of drug-likeness (QED) is 0.810. The molecule has 0 N–H and O–H groups in total. The molecule has 5 heteroatoms. The average molecular weight is 280 g/mol. The van der Waals surface area contributed by atoms with E-state index >= 15 is 0 Å². The molecule has 0 aliphatic heterocycles. The summed E-state index contributed by atoms with van der Waals surface area (Å²) in [5, 5.41) is 0. The van der Waals surface area contributed by atoms with Gasteiger partial charge in [-0.3, -0.25) is 0 Å². The number of halogens is 1. The van der Waals surface area contributed by atoms with E-state index in [4.69, 9.17) is 16.3 Å². The Morgan fingerprint density at radius 2 is 2.32 bits per heavy atom. The van der Waals surface area contributed by atoms with Crippen LogP contribution in [0, 0.1) is 6.92 Å². The van der Waals surface area contributed by atoms with E-state index in [-0.39, 0.29) is 6.10 Å². The first-order valence-electron chi connectivity index (χ1n) is 6.67. The van der Waals surface area contributed by atoms with E-state index < -0.39 is 0 Å². The predicted octanol–water partition coefficient (Wildman–Crippen LogP) is 3.22. The lowest BCUT2D eigenvalue weighted by molar-refractivity contribution is 0.0753. The van der Waals surface area contributed by atoms with E-state index in [1.165, 1.54) is 6.42 Å². The van der Waals surface area contributed by atoms with Crippen LogP contribution in [0.15, 0.2) is 12.3 Å². The molecular formula is C14H18ClN3O. The van der Waals surface area contributed by atoms with Crippen molar-refractivity contribution in [3.8, 4) is 0 Å².